The molecular weight excluding hydrogens is 393 g/mol. The van der Waals surface area contributed by atoms with E-state index in [4.69, 9.17) is 11.6 Å². The molecule has 2 saturated heterocycles. The van der Waals surface area contributed by atoms with Crippen LogP contribution < -0.4 is 0 Å². The SMILES string of the molecule is O=C(c1cnn(-c2cccc(Cl)c2)c1C(F)(F)F)N1CC[C@H](N2CCCC2)C1. The lowest BCUT2D eigenvalue weighted by Gasteiger charge is -2.23. The van der Waals surface area contributed by atoms with Crippen molar-refractivity contribution < 1.29 is 18.0 Å². The maximum Gasteiger partial charge on any atom is 0.434 e. The summed E-state index contributed by atoms with van der Waals surface area (Å²) in [7, 11) is 0. The van der Waals surface area contributed by atoms with E-state index in [0.29, 0.717) is 18.1 Å². The Morgan fingerprint density at radius 1 is 1.18 bits per heavy atom. The first-order valence-electron chi connectivity index (χ1n) is 9.29. The van der Waals surface area contributed by atoms with E-state index in [1.807, 2.05) is 0 Å². The van der Waals surface area contributed by atoms with E-state index in [-0.39, 0.29) is 11.7 Å². The van der Waals surface area contributed by atoms with Gasteiger partial charge in [-0.2, -0.15) is 18.3 Å². The van der Waals surface area contributed by atoms with Crippen LogP contribution in [0.5, 0.6) is 0 Å². The Balaban J connectivity index is 1.63. The summed E-state index contributed by atoms with van der Waals surface area (Å²) in [6, 6.07) is 6.20. The number of alkyl halides is 3. The minimum Gasteiger partial charge on any atom is -0.337 e. The van der Waals surface area contributed by atoms with Crippen LogP contribution >= 0.6 is 11.6 Å². The molecule has 4 rings (SSSR count). The molecule has 1 amide bonds. The fraction of sp³-hybridized carbons (Fsp3) is 0.474. The lowest BCUT2D eigenvalue weighted by molar-refractivity contribution is -0.143. The van der Waals surface area contributed by atoms with Gasteiger partial charge in [0.1, 0.15) is 0 Å². The highest BCUT2D eigenvalue weighted by Crippen LogP contribution is 2.35. The molecular formula is C19H20ClF3N4O. The van der Waals surface area contributed by atoms with Gasteiger partial charge in [-0.3, -0.25) is 9.69 Å². The van der Waals surface area contributed by atoms with Crippen molar-refractivity contribution in [1.29, 1.82) is 0 Å². The van der Waals surface area contributed by atoms with Gasteiger partial charge >= 0.3 is 6.18 Å². The van der Waals surface area contributed by atoms with Gasteiger partial charge in [0.05, 0.1) is 17.4 Å². The van der Waals surface area contributed by atoms with Crippen molar-refractivity contribution in [3.05, 3.63) is 46.7 Å². The van der Waals surface area contributed by atoms with Crippen molar-refractivity contribution >= 4 is 17.5 Å². The van der Waals surface area contributed by atoms with Gasteiger partial charge in [0, 0.05) is 24.2 Å². The molecule has 9 heteroatoms. The molecule has 2 aliphatic rings. The Kier molecular flexibility index (Phi) is 5.09. The van der Waals surface area contributed by atoms with Crippen molar-refractivity contribution in [1.82, 2.24) is 19.6 Å². The number of benzene rings is 1. The second-order valence-electron chi connectivity index (χ2n) is 7.23. The van der Waals surface area contributed by atoms with Crippen LogP contribution in [0.1, 0.15) is 35.3 Å². The Hall–Kier alpha value is -2.06. The molecule has 0 spiro atoms. The van der Waals surface area contributed by atoms with Gasteiger partial charge in [-0.1, -0.05) is 17.7 Å². The van der Waals surface area contributed by atoms with E-state index in [1.54, 1.807) is 12.1 Å². The van der Waals surface area contributed by atoms with Gasteiger partial charge in [0.15, 0.2) is 5.69 Å². The summed E-state index contributed by atoms with van der Waals surface area (Å²) in [6.45, 7) is 2.90. The van der Waals surface area contributed by atoms with Crippen LogP contribution in [0.25, 0.3) is 5.69 Å². The molecule has 1 aromatic heterocycles. The standard InChI is InChI=1S/C19H20ClF3N4O/c20-13-4-3-5-14(10-13)27-17(19(21,22)23)16(11-24-27)18(28)26-9-6-15(12-26)25-7-1-2-8-25/h3-5,10-11,15H,1-2,6-9,12H2/t15-/m0/s1. The molecule has 5 nitrogen and oxygen atoms in total. The van der Waals surface area contributed by atoms with Gasteiger partial charge in [-0.15, -0.1) is 0 Å². The van der Waals surface area contributed by atoms with Gasteiger partial charge in [0.25, 0.3) is 5.91 Å². The van der Waals surface area contributed by atoms with Crippen molar-refractivity contribution in [2.45, 2.75) is 31.5 Å². The number of hydrogen-bond acceptors (Lipinski definition) is 3. The van der Waals surface area contributed by atoms with E-state index in [2.05, 4.69) is 10.00 Å². The number of carbonyl (C=O) groups is 1. The molecule has 1 atom stereocenters. The summed E-state index contributed by atoms with van der Waals surface area (Å²) < 4.78 is 42.2. The fourth-order valence-corrected chi connectivity index (χ4v) is 4.27. The third-order valence-corrected chi connectivity index (χ3v) is 5.66. The first-order chi connectivity index (χ1) is 13.3. The van der Waals surface area contributed by atoms with Gasteiger partial charge in [-0.05, 0) is 50.6 Å². The number of carbonyl (C=O) groups excluding carboxylic acids is 1. The zero-order valence-electron chi connectivity index (χ0n) is 15.1. The van der Waals surface area contributed by atoms with Crippen molar-refractivity contribution in [3.8, 4) is 5.69 Å². The lowest BCUT2D eigenvalue weighted by Crippen LogP contribution is -2.37. The maximum atomic E-state index is 13.8. The molecule has 28 heavy (non-hydrogen) atoms. The van der Waals surface area contributed by atoms with E-state index in [1.165, 1.54) is 17.0 Å². The highest BCUT2D eigenvalue weighted by molar-refractivity contribution is 6.30. The Bertz CT molecular complexity index is 876. The molecule has 2 fully saturated rings. The van der Waals surface area contributed by atoms with Crippen LogP contribution in [0, 0.1) is 0 Å². The van der Waals surface area contributed by atoms with Gasteiger partial charge in [0.2, 0.25) is 0 Å². The van der Waals surface area contributed by atoms with Crippen molar-refractivity contribution in [2.75, 3.05) is 26.2 Å². The van der Waals surface area contributed by atoms with E-state index in [0.717, 1.165) is 43.2 Å². The topological polar surface area (TPSA) is 41.4 Å². The van der Waals surface area contributed by atoms with E-state index >= 15 is 0 Å². The highest BCUT2D eigenvalue weighted by Gasteiger charge is 2.42. The second-order valence-corrected chi connectivity index (χ2v) is 7.67. The van der Waals surface area contributed by atoms with E-state index in [9.17, 15) is 18.0 Å². The van der Waals surface area contributed by atoms with Crippen molar-refractivity contribution in [3.63, 3.8) is 0 Å². The van der Waals surface area contributed by atoms with Crippen LogP contribution in [0.2, 0.25) is 5.02 Å². The molecule has 2 aromatic rings. The first kappa shape index (κ1) is 19.3. The number of rotatable bonds is 3. The predicted octanol–water partition coefficient (Wildman–Crippen LogP) is 3.85. The Morgan fingerprint density at radius 3 is 2.61 bits per heavy atom. The third-order valence-electron chi connectivity index (χ3n) is 5.43. The monoisotopic (exact) mass is 412 g/mol. The van der Waals surface area contributed by atoms with Crippen molar-refractivity contribution in [2.24, 2.45) is 0 Å². The molecule has 3 heterocycles. The summed E-state index contributed by atoms with van der Waals surface area (Å²) in [6.07, 6.45) is -0.660. The van der Waals surface area contributed by atoms with Crippen LogP contribution in [-0.2, 0) is 6.18 Å². The van der Waals surface area contributed by atoms with Gasteiger partial charge in [-0.25, -0.2) is 4.68 Å². The Labute approximate surface area is 165 Å². The van der Waals surface area contributed by atoms with Gasteiger partial charge < -0.3 is 4.90 Å². The summed E-state index contributed by atoms with van der Waals surface area (Å²) >= 11 is 5.91. The van der Waals surface area contributed by atoms with Crippen LogP contribution in [0.15, 0.2) is 30.5 Å². The number of likely N-dealkylation sites (tertiary alicyclic amines) is 2. The summed E-state index contributed by atoms with van der Waals surface area (Å²) in [5.74, 6) is -0.623. The number of hydrogen-bond donors (Lipinski definition) is 0. The lowest BCUT2D eigenvalue weighted by atomic mass is 10.2. The molecule has 0 bridgehead atoms. The highest BCUT2D eigenvalue weighted by atomic mass is 35.5. The zero-order valence-corrected chi connectivity index (χ0v) is 15.9. The molecule has 2 aliphatic heterocycles. The minimum absolute atomic E-state index is 0.162. The molecule has 150 valence electrons. The van der Waals surface area contributed by atoms with Crippen LogP contribution in [0.4, 0.5) is 13.2 Å². The molecule has 0 N–H and O–H groups in total. The quantitative estimate of drug-likeness (QED) is 0.768. The average molecular weight is 413 g/mol. The molecule has 0 radical (unpaired) electrons. The normalized spacial score (nSPS) is 20.9. The number of halogens is 4. The third kappa shape index (κ3) is 3.63. The molecule has 0 aliphatic carbocycles. The smallest absolute Gasteiger partial charge is 0.337 e. The largest absolute Gasteiger partial charge is 0.434 e. The minimum atomic E-state index is -4.72. The summed E-state index contributed by atoms with van der Waals surface area (Å²) in [5, 5.41) is 4.16. The summed E-state index contributed by atoms with van der Waals surface area (Å²) in [4.78, 5) is 16.8. The predicted molar refractivity (Wildman–Crippen MR) is 98.7 cm³/mol. The number of aromatic nitrogens is 2. The van der Waals surface area contributed by atoms with Crippen LogP contribution in [-0.4, -0.2) is 57.7 Å². The van der Waals surface area contributed by atoms with E-state index < -0.39 is 23.3 Å². The number of amides is 1. The zero-order chi connectivity index (χ0) is 19.9. The number of nitrogens with zero attached hydrogens (tertiary/aromatic N) is 4. The maximum absolute atomic E-state index is 13.8. The Morgan fingerprint density at radius 2 is 1.93 bits per heavy atom. The fourth-order valence-electron chi connectivity index (χ4n) is 4.08. The van der Waals surface area contributed by atoms with Crippen LogP contribution in [0.3, 0.4) is 0 Å². The average Bonchev–Trinajstić information content (AvgIpc) is 3.39. The molecule has 1 aromatic carbocycles. The molecule has 0 unspecified atom stereocenters. The second kappa shape index (κ2) is 7.40. The molecule has 0 saturated carbocycles. The first-order valence-corrected chi connectivity index (χ1v) is 9.67. The summed E-state index contributed by atoms with van der Waals surface area (Å²) in [5.41, 5.74) is -1.32.